The first-order valence-corrected chi connectivity index (χ1v) is 7.44. The molecule has 7 nitrogen and oxygen atoms in total. The van der Waals surface area contributed by atoms with Gasteiger partial charge in [-0.05, 0) is 38.1 Å². The van der Waals surface area contributed by atoms with Crippen LogP contribution in [0.1, 0.15) is 20.8 Å². The predicted molar refractivity (Wildman–Crippen MR) is 85.6 cm³/mol. The van der Waals surface area contributed by atoms with Crippen molar-refractivity contribution in [1.29, 1.82) is 0 Å². The number of rotatable bonds is 1. The number of carbonyl (C=O) groups excluding carboxylic acids is 3. The summed E-state index contributed by atoms with van der Waals surface area (Å²) in [6, 6.07) is 6.21. The second-order valence-corrected chi connectivity index (χ2v) is 5.72. The lowest BCUT2D eigenvalue weighted by atomic mass is 10.2. The molecule has 1 aliphatic rings. The summed E-state index contributed by atoms with van der Waals surface area (Å²) >= 11 is 0. The molecule has 0 spiro atoms. The van der Waals surface area contributed by atoms with E-state index in [-0.39, 0.29) is 12.2 Å². The number of nitrogens with two attached hydrogens (primary N) is 1. The molecule has 0 bridgehead atoms. The Balaban J connectivity index is 2.22. The molecule has 0 aromatic heterocycles. The summed E-state index contributed by atoms with van der Waals surface area (Å²) in [7, 11) is 0. The topological polar surface area (TPSA) is 92.9 Å². The van der Waals surface area contributed by atoms with Crippen LogP contribution >= 0.6 is 0 Å². The predicted octanol–water partition coefficient (Wildman–Crippen LogP) is 0.784. The Morgan fingerprint density at radius 2 is 1.65 bits per heavy atom. The third-order valence-electron chi connectivity index (χ3n) is 3.56. The van der Waals surface area contributed by atoms with Gasteiger partial charge in [0.1, 0.15) is 0 Å². The van der Waals surface area contributed by atoms with Crippen LogP contribution < -0.4 is 10.6 Å². The van der Waals surface area contributed by atoms with E-state index >= 15 is 0 Å². The maximum atomic E-state index is 12.5. The van der Waals surface area contributed by atoms with E-state index in [9.17, 15) is 14.4 Å². The van der Waals surface area contributed by atoms with Crippen molar-refractivity contribution in [3.63, 3.8) is 0 Å². The van der Waals surface area contributed by atoms with Gasteiger partial charge >= 0.3 is 11.8 Å². The van der Waals surface area contributed by atoms with Gasteiger partial charge in [0.05, 0.1) is 17.9 Å². The molecule has 23 heavy (non-hydrogen) atoms. The monoisotopic (exact) mass is 319 g/mol. The van der Waals surface area contributed by atoms with Gasteiger partial charge in [-0.25, -0.2) is 4.90 Å². The molecule has 0 radical (unpaired) electrons. The van der Waals surface area contributed by atoms with Crippen LogP contribution in [-0.2, 0) is 19.1 Å². The van der Waals surface area contributed by atoms with Crippen LogP contribution in [0.5, 0.6) is 0 Å². The largest absolute Gasteiger partial charge is 0.399 e. The highest BCUT2D eigenvalue weighted by Crippen LogP contribution is 2.18. The first-order valence-electron chi connectivity index (χ1n) is 7.44. The van der Waals surface area contributed by atoms with Crippen molar-refractivity contribution in [2.24, 2.45) is 0 Å². The van der Waals surface area contributed by atoms with E-state index in [0.29, 0.717) is 24.5 Å². The molecule has 1 aliphatic heterocycles. The Morgan fingerprint density at radius 1 is 1.13 bits per heavy atom. The first-order chi connectivity index (χ1) is 10.8. The van der Waals surface area contributed by atoms with E-state index in [1.54, 1.807) is 12.1 Å². The van der Waals surface area contributed by atoms with Crippen LogP contribution in [0, 0.1) is 0 Å². The number of benzene rings is 1. The van der Waals surface area contributed by atoms with Crippen LogP contribution in [0.25, 0.3) is 0 Å². The Kier molecular flexibility index (Phi) is 5.00. The van der Waals surface area contributed by atoms with Gasteiger partial charge in [0.25, 0.3) is 0 Å². The van der Waals surface area contributed by atoms with Gasteiger partial charge in [0.2, 0.25) is 5.91 Å². The van der Waals surface area contributed by atoms with Gasteiger partial charge < -0.3 is 15.4 Å². The van der Waals surface area contributed by atoms with Crippen molar-refractivity contribution in [2.75, 3.05) is 23.7 Å². The number of anilines is 2. The molecule has 3 amide bonds. The average molecular weight is 319 g/mol. The van der Waals surface area contributed by atoms with Crippen LogP contribution in [0.2, 0.25) is 0 Å². The first kappa shape index (κ1) is 17.0. The van der Waals surface area contributed by atoms with Gasteiger partial charge in [-0.1, -0.05) is 0 Å². The molecule has 0 saturated carbocycles. The zero-order valence-electron chi connectivity index (χ0n) is 13.5. The standard InChI is InChI=1S/C16H21N3O4/c1-10-8-18(9-11(2)23-10)15(21)16(22)19(12(3)20)14-6-4-13(17)5-7-14/h4-7,10-11H,8-9,17H2,1-3H3. The zero-order valence-corrected chi connectivity index (χ0v) is 13.5. The van der Waals surface area contributed by atoms with E-state index in [0.717, 1.165) is 4.90 Å². The summed E-state index contributed by atoms with van der Waals surface area (Å²) in [5.74, 6) is -2.11. The van der Waals surface area contributed by atoms with E-state index in [1.165, 1.54) is 24.0 Å². The Labute approximate surface area is 135 Å². The zero-order chi connectivity index (χ0) is 17.1. The molecule has 1 heterocycles. The molecule has 1 fully saturated rings. The van der Waals surface area contributed by atoms with Crippen LogP contribution in [0.15, 0.2) is 24.3 Å². The molecule has 0 aliphatic carbocycles. The number of carbonyl (C=O) groups is 3. The fourth-order valence-corrected chi connectivity index (χ4v) is 2.64. The van der Waals surface area contributed by atoms with E-state index in [4.69, 9.17) is 10.5 Å². The number of hydrogen-bond acceptors (Lipinski definition) is 5. The Hall–Kier alpha value is -2.41. The van der Waals surface area contributed by atoms with Crippen molar-refractivity contribution in [2.45, 2.75) is 33.0 Å². The Morgan fingerprint density at radius 3 is 2.13 bits per heavy atom. The van der Waals surface area contributed by atoms with E-state index in [1.807, 2.05) is 13.8 Å². The number of amides is 3. The molecular formula is C16H21N3O4. The molecule has 2 rings (SSSR count). The number of hydrogen-bond donors (Lipinski definition) is 1. The summed E-state index contributed by atoms with van der Waals surface area (Å²) in [6.07, 6.45) is -0.310. The molecule has 2 N–H and O–H groups in total. The van der Waals surface area contributed by atoms with Gasteiger partial charge in [0, 0.05) is 25.7 Å². The number of nitrogens with zero attached hydrogens (tertiary/aromatic N) is 2. The smallest absolute Gasteiger partial charge is 0.323 e. The van der Waals surface area contributed by atoms with Gasteiger partial charge in [-0.3, -0.25) is 14.4 Å². The van der Waals surface area contributed by atoms with Gasteiger partial charge in [-0.15, -0.1) is 0 Å². The van der Waals surface area contributed by atoms with Crippen LogP contribution in [-0.4, -0.2) is 47.9 Å². The highest BCUT2D eigenvalue weighted by atomic mass is 16.5. The number of ether oxygens (including phenoxy) is 1. The van der Waals surface area contributed by atoms with Crippen molar-refractivity contribution < 1.29 is 19.1 Å². The van der Waals surface area contributed by atoms with E-state index < -0.39 is 17.7 Å². The molecular weight excluding hydrogens is 298 g/mol. The van der Waals surface area contributed by atoms with Crippen molar-refractivity contribution in [3.05, 3.63) is 24.3 Å². The highest BCUT2D eigenvalue weighted by Gasteiger charge is 2.34. The maximum absolute atomic E-state index is 12.5. The summed E-state index contributed by atoms with van der Waals surface area (Å²) < 4.78 is 5.55. The minimum absolute atomic E-state index is 0.155. The number of nitrogen functional groups attached to an aromatic ring is 1. The summed E-state index contributed by atoms with van der Waals surface area (Å²) in [6.45, 7) is 5.56. The van der Waals surface area contributed by atoms with E-state index in [2.05, 4.69) is 0 Å². The number of morpholine rings is 1. The highest BCUT2D eigenvalue weighted by molar-refractivity contribution is 6.45. The van der Waals surface area contributed by atoms with Crippen LogP contribution in [0.3, 0.4) is 0 Å². The van der Waals surface area contributed by atoms with Crippen molar-refractivity contribution >= 4 is 29.1 Å². The van der Waals surface area contributed by atoms with Gasteiger partial charge in [-0.2, -0.15) is 0 Å². The van der Waals surface area contributed by atoms with Gasteiger partial charge in [0.15, 0.2) is 0 Å². The molecule has 1 aromatic rings. The average Bonchev–Trinajstić information content (AvgIpc) is 2.47. The summed E-state index contributed by atoms with van der Waals surface area (Å²) in [4.78, 5) is 39.2. The second-order valence-electron chi connectivity index (χ2n) is 5.72. The third-order valence-corrected chi connectivity index (χ3v) is 3.56. The molecule has 1 aromatic carbocycles. The normalized spacial score (nSPS) is 20.9. The fourth-order valence-electron chi connectivity index (χ4n) is 2.64. The lowest BCUT2D eigenvalue weighted by molar-refractivity contribution is -0.152. The second kappa shape index (κ2) is 6.78. The lowest BCUT2D eigenvalue weighted by Crippen LogP contribution is -2.54. The fraction of sp³-hybridized carbons (Fsp3) is 0.438. The van der Waals surface area contributed by atoms with Crippen LogP contribution in [0.4, 0.5) is 11.4 Å². The molecule has 2 unspecified atom stereocenters. The molecule has 1 saturated heterocycles. The minimum Gasteiger partial charge on any atom is -0.399 e. The number of imide groups is 1. The molecule has 2 atom stereocenters. The third kappa shape index (κ3) is 3.87. The molecule has 7 heteroatoms. The maximum Gasteiger partial charge on any atom is 0.323 e. The SMILES string of the molecule is CC(=O)N(C(=O)C(=O)N1CC(C)OC(C)C1)c1ccc(N)cc1. The lowest BCUT2D eigenvalue weighted by Gasteiger charge is -2.35. The summed E-state index contributed by atoms with van der Waals surface area (Å²) in [5, 5.41) is 0. The quantitative estimate of drug-likeness (QED) is 0.610. The van der Waals surface area contributed by atoms with Crippen molar-refractivity contribution in [3.8, 4) is 0 Å². The minimum atomic E-state index is -0.872. The molecule has 124 valence electrons. The summed E-state index contributed by atoms with van der Waals surface area (Å²) in [5.41, 5.74) is 6.43. The Bertz CT molecular complexity index is 604. The van der Waals surface area contributed by atoms with Crippen molar-refractivity contribution in [1.82, 2.24) is 4.90 Å².